The highest BCUT2D eigenvalue weighted by atomic mass is 19.1. The van der Waals surface area contributed by atoms with Crippen LogP contribution in [0.3, 0.4) is 0 Å². The van der Waals surface area contributed by atoms with Gasteiger partial charge in [-0.3, -0.25) is 0 Å². The minimum absolute atomic E-state index is 0.0704. The van der Waals surface area contributed by atoms with E-state index in [2.05, 4.69) is 5.16 Å². The first-order valence-corrected chi connectivity index (χ1v) is 5.03. The third-order valence-electron chi connectivity index (χ3n) is 2.44. The van der Waals surface area contributed by atoms with E-state index in [-0.39, 0.29) is 5.84 Å². The minimum Gasteiger partial charge on any atom is -0.409 e. The molecular formula is C11H16FN3O. The fraction of sp³-hybridized carbons (Fsp3) is 0.364. The molecule has 0 saturated carbocycles. The monoisotopic (exact) mass is 225 g/mol. The van der Waals surface area contributed by atoms with Crippen LogP contribution in [0.25, 0.3) is 0 Å². The van der Waals surface area contributed by atoms with Gasteiger partial charge in [0.15, 0.2) is 5.84 Å². The van der Waals surface area contributed by atoms with Gasteiger partial charge in [-0.25, -0.2) is 4.39 Å². The molecule has 1 aromatic rings. The zero-order valence-electron chi connectivity index (χ0n) is 9.44. The van der Waals surface area contributed by atoms with Crippen molar-refractivity contribution in [2.45, 2.75) is 13.5 Å². The van der Waals surface area contributed by atoms with Crippen LogP contribution < -0.4 is 5.73 Å². The molecule has 0 amide bonds. The summed E-state index contributed by atoms with van der Waals surface area (Å²) in [7, 11) is 1.94. The zero-order valence-corrected chi connectivity index (χ0v) is 9.44. The molecule has 0 radical (unpaired) electrons. The van der Waals surface area contributed by atoms with Crippen LogP contribution in [0.15, 0.2) is 23.4 Å². The Bertz CT molecular complexity index is 393. The van der Waals surface area contributed by atoms with Crippen molar-refractivity contribution < 1.29 is 9.60 Å². The number of hydrogen-bond acceptors (Lipinski definition) is 3. The average molecular weight is 225 g/mol. The number of nitrogens with zero attached hydrogens (tertiary/aromatic N) is 2. The molecule has 0 spiro atoms. The van der Waals surface area contributed by atoms with Crippen LogP contribution in [0.2, 0.25) is 0 Å². The summed E-state index contributed by atoms with van der Waals surface area (Å²) in [6, 6.07) is 4.29. The van der Waals surface area contributed by atoms with E-state index in [9.17, 15) is 4.39 Å². The van der Waals surface area contributed by atoms with Crippen molar-refractivity contribution in [2.24, 2.45) is 10.9 Å². The Kier molecular flexibility index (Phi) is 4.25. The van der Waals surface area contributed by atoms with Gasteiger partial charge in [-0.1, -0.05) is 18.1 Å². The average Bonchev–Trinajstić information content (AvgIpc) is 2.30. The van der Waals surface area contributed by atoms with Gasteiger partial charge in [-0.05, 0) is 31.3 Å². The van der Waals surface area contributed by atoms with Crippen molar-refractivity contribution in [1.82, 2.24) is 4.90 Å². The predicted octanol–water partition coefficient (Wildman–Crippen LogP) is 1.37. The lowest BCUT2D eigenvalue weighted by atomic mass is 10.1. The molecule has 5 heteroatoms. The third-order valence-corrected chi connectivity index (χ3v) is 2.44. The van der Waals surface area contributed by atoms with E-state index in [4.69, 9.17) is 10.9 Å². The number of halogens is 1. The van der Waals surface area contributed by atoms with Crippen LogP contribution >= 0.6 is 0 Å². The van der Waals surface area contributed by atoms with Crippen molar-refractivity contribution in [3.8, 4) is 0 Å². The Balaban J connectivity index is 3.08. The lowest BCUT2D eigenvalue weighted by molar-refractivity contribution is 0.318. The van der Waals surface area contributed by atoms with Crippen LogP contribution in [0.1, 0.15) is 18.1 Å². The van der Waals surface area contributed by atoms with Crippen LogP contribution in [-0.4, -0.2) is 29.5 Å². The quantitative estimate of drug-likeness (QED) is 0.352. The van der Waals surface area contributed by atoms with Gasteiger partial charge < -0.3 is 15.8 Å². The van der Waals surface area contributed by atoms with Crippen molar-refractivity contribution in [2.75, 3.05) is 13.6 Å². The molecule has 88 valence electrons. The van der Waals surface area contributed by atoms with Gasteiger partial charge in [0.05, 0.1) is 0 Å². The van der Waals surface area contributed by atoms with Gasteiger partial charge in [0.1, 0.15) is 5.82 Å². The van der Waals surface area contributed by atoms with Gasteiger partial charge in [-0.15, -0.1) is 0 Å². The van der Waals surface area contributed by atoms with Crippen molar-refractivity contribution in [3.63, 3.8) is 0 Å². The first-order valence-electron chi connectivity index (χ1n) is 5.03. The molecule has 1 rings (SSSR count). The van der Waals surface area contributed by atoms with Crippen LogP contribution in [0.4, 0.5) is 4.39 Å². The second-order valence-corrected chi connectivity index (χ2v) is 3.62. The highest BCUT2D eigenvalue weighted by molar-refractivity contribution is 5.98. The Labute approximate surface area is 94.2 Å². The van der Waals surface area contributed by atoms with Gasteiger partial charge >= 0.3 is 0 Å². The summed E-state index contributed by atoms with van der Waals surface area (Å²) in [6.07, 6.45) is 0. The lowest BCUT2D eigenvalue weighted by Gasteiger charge is -2.16. The molecule has 0 aliphatic rings. The number of amidine groups is 1. The van der Waals surface area contributed by atoms with Gasteiger partial charge in [0, 0.05) is 12.1 Å². The lowest BCUT2D eigenvalue weighted by Crippen LogP contribution is -2.21. The molecule has 3 N–H and O–H groups in total. The summed E-state index contributed by atoms with van der Waals surface area (Å²) in [5.74, 6) is -0.469. The molecule has 4 nitrogen and oxygen atoms in total. The van der Waals surface area contributed by atoms with E-state index in [0.717, 1.165) is 12.1 Å². The van der Waals surface area contributed by atoms with E-state index < -0.39 is 5.82 Å². The highest BCUT2D eigenvalue weighted by Crippen LogP contribution is 2.13. The Morgan fingerprint density at radius 1 is 1.56 bits per heavy atom. The maximum atomic E-state index is 13.1. The van der Waals surface area contributed by atoms with Crippen LogP contribution in [0.5, 0.6) is 0 Å². The number of hydrogen-bond donors (Lipinski definition) is 2. The maximum absolute atomic E-state index is 13.1. The van der Waals surface area contributed by atoms with E-state index in [1.807, 2.05) is 18.9 Å². The smallest absolute Gasteiger partial charge is 0.170 e. The predicted molar refractivity (Wildman–Crippen MR) is 60.9 cm³/mol. The summed E-state index contributed by atoms with van der Waals surface area (Å²) in [4.78, 5) is 2.04. The summed E-state index contributed by atoms with van der Waals surface area (Å²) >= 11 is 0. The Morgan fingerprint density at radius 3 is 2.81 bits per heavy atom. The van der Waals surface area contributed by atoms with Gasteiger partial charge in [-0.2, -0.15) is 0 Å². The van der Waals surface area contributed by atoms with Crippen molar-refractivity contribution in [3.05, 3.63) is 35.1 Å². The molecular weight excluding hydrogens is 209 g/mol. The third kappa shape index (κ3) is 2.93. The van der Waals surface area contributed by atoms with Gasteiger partial charge in [0.25, 0.3) is 0 Å². The molecule has 0 saturated heterocycles. The largest absolute Gasteiger partial charge is 0.409 e. The maximum Gasteiger partial charge on any atom is 0.170 e. The van der Waals surface area contributed by atoms with Crippen molar-refractivity contribution >= 4 is 5.84 Å². The standard InChI is InChI=1S/C11H16FN3O/c1-3-15(2)7-8-4-5-9(12)6-10(8)11(13)14-16/h4-6,16H,3,7H2,1-2H3,(H2,13,14). The molecule has 0 bridgehead atoms. The molecule has 0 aliphatic heterocycles. The number of benzene rings is 1. The van der Waals surface area contributed by atoms with E-state index in [1.54, 1.807) is 6.07 Å². The van der Waals surface area contributed by atoms with E-state index in [1.165, 1.54) is 12.1 Å². The topological polar surface area (TPSA) is 61.8 Å². The SMILES string of the molecule is CCN(C)Cc1ccc(F)cc1C(N)=NO. The number of oxime groups is 1. The summed E-state index contributed by atoms with van der Waals surface area (Å²) in [5.41, 5.74) is 6.76. The fourth-order valence-corrected chi connectivity index (χ4v) is 1.38. The molecule has 1 aromatic carbocycles. The molecule has 0 unspecified atom stereocenters. The zero-order chi connectivity index (χ0) is 12.1. The van der Waals surface area contributed by atoms with Crippen LogP contribution in [-0.2, 0) is 6.54 Å². The van der Waals surface area contributed by atoms with Gasteiger partial charge in [0.2, 0.25) is 0 Å². The number of rotatable bonds is 4. The summed E-state index contributed by atoms with van der Waals surface area (Å²) in [5, 5.41) is 11.5. The van der Waals surface area contributed by atoms with E-state index in [0.29, 0.717) is 12.1 Å². The first kappa shape index (κ1) is 12.4. The summed E-state index contributed by atoms with van der Waals surface area (Å²) < 4.78 is 13.1. The second kappa shape index (κ2) is 5.46. The first-order chi connectivity index (χ1) is 7.58. The highest BCUT2D eigenvalue weighted by Gasteiger charge is 2.09. The second-order valence-electron chi connectivity index (χ2n) is 3.62. The summed E-state index contributed by atoms with van der Waals surface area (Å²) in [6.45, 7) is 3.52. The Hall–Kier alpha value is -1.62. The molecule has 0 aliphatic carbocycles. The minimum atomic E-state index is -0.399. The molecule has 0 heterocycles. The Morgan fingerprint density at radius 2 is 2.25 bits per heavy atom. The molecule has 16 heavy (non-hydrogen) atoms. The normalized spacial score (nSPS) is 12.1. The fourth-order valence-electron chi connectivity index (χ4n) is 1.38. The number of nitrogens with two attached hydrogens (primary N) is 1. The van der Waals surface area contributed by atoms with Crippen molar-refractivity contribution in [1.29, 1.82) is 0 Å². The molecule has 0 fully saturated rings. The van der Waals surface area contributed by atoms with Crippen LogP contribution in [0, 0.1) is 5.82 Å². The van der Waals surface area contributed by atoms with E-state index >= 15 is 0 Å². The molecule has 0 atom stereocenters. The molecule has 0 aromatic heterocycles.